The summed E-state index contributed by atoms with van der Waals surface area (Å²) in [6.07, 6.45) is 0.981. The van der Waals surface area contributed by atoms with Gasteiger partial charge in [0.05, 0.1) is 31.7 Å². The number of fused-ring (bicyclic) bond motifs is 1. The van der Waals surface area contributed by atoms with Gasteiger partial charge in [-0.05, 0) is 28.8 Å². The van der Waals surface area contributed by atoms with E-state index in [-0.39, 0.29) is 49.4 Å². The fourth-order valence-electron chi connectivity index (χ4n) is 5.20. The zero-order chi connectivity index (χ0) is 24.2. The lowest BCUT2D eigenvalue weighted by molar-refractivity contribution is -0.166. The summed E-state index contributed by atoms with van der Waals surface area (Å²) in [6, 6.07) is 27.4. The van der Waals surface area contributed by atoms with Crippen molar-refractivity contribution in [2.45, 2.75) is 30.8 Å². The Morgan fingerprint density at radius 1 is 0.914 bits per heavy atom. The van der Waals surface area contributed by atoms with Gasteiger partial charge in [-0.25, -0.2) is 0 Å². The van der Waals surface area contributed by atoms with E-state index in [9.17, 15) is 14.7 Å². The molecule has 0 saturated carbocycles. The molecule has 35 heavy (non-hydrogen) atoms. The zero-order valence-electron chi connectivity index (χ0n) is 19.5. The van der Waals surface area contributed by atoms with Gasteiger partial charge in [-0.15, -0.1) is 0 Å². The van der Waals surface area contributed by atoms with Crippen LogP contribution >= 0.6 is 0 Å². The first-order valence-electron chi connectivity index (χ1n) is 12.0. The molecule has 0 bridgehead atoms. The van der Waals surface area contributed by atoms with Gasteiger partial charge in [-0.2, -0.15) is 0 Å². The quantitative estimate of drug-likeness (QED) is 0.591. The van der Waals surface area contributed by atoms with Crippen molar-refractivity contribution < 1.29 is 14.7 Å². The van der Waals surface area contributed by atoms with E-state index >= 15 is 0 Å². The molecule has 3 aromatic rings. The molecular weight excluding hydrogens is 436 g/mol. The van der Waals surface area contributed by atoms with E-state index < -0.39 is 0 Å². The molecule has 0 unspecified atom stereocenters. The summed E-state index contributed by atoms with van der Waals surface area (Å²) in [4.78, 5) is 29.2. The summed E-state index contributed by atoms with van der Waals surface area (Å²) in [6.45, 7) is 0.460. The Hall–Kier alpha value is -3.88. The second kappa shape index (κ2) is 10.2. The van der Waals surface area contributed by atoms with Gasteiger partial charge in [0.25, 0.3) is 0 Å². The van der Waals surface area contributed by atoms with Crippen molar-refractivity contribution in [1.29, 1.82) is 0 Å². The van der Waals surface area contributed by atoms with Crippen LogP contribution in [0.4, 0.5) is 0 Å². The molecule has 0 aromatic heterocycles. The van der Waals surface area contributed by atoms with Crippen LogP contribution in [0.3, 0.4) is 0 Å². The van der Waals surface area contributed by atoms with E-state index in [2.05, 4.69) is 24.0 Å². The Bertz CT molecular complexity index is 1250. The van der Waals surface area contributed by atoms with E-state index in [1.165, 1.54) is 5.56 Å². The van der Waals surface area contributed by atoms with Crippen molar-refractivity contribution in [3.05, 3.63) is 107 Å². The third-order valence-electron chi connectivity index (χ3n) is 6.97. The minimum atomic E-state index is -0.256. The molecule has 5 rings (SSSR count). The second-order valence-electron chi connectivity index (χ2n) is 9.17. The van der Waals surface area contributed by atoms with Gasteiger partial charge >= 0.3 is 0 Å². The van der Waals surface area contributed by atoms with Crippen LogP contribution in [0.15, 0.2) is 84.9 Å². The highest BCUT2D eigenvalue weighted by Gasteiger charge is 2.54. The number of aliphatic hydroxyl groups is 1. The summed E-state index contributed by atoms with van der Waals surface area (Å²) < 4.78 is 0. The SMILES string of the molecule is O=C(Cc1ccccc1)N1CC(=O)N2[C@H](C1)[C@@H](c1ccc(C#CCc3ccccc3)cc1)[C@@H]2CO. The zero-order valence-corrected chi connectivity index (χ0v) is 19.5. The molecule has 5 heteroatoms. The monoisotopic (exact) mass is 464 g/mol. The molecule has 2 aliphatic heterocycles. The van der Waals surface area contributed by atoms with Gasteiger partial charge in [0.15, 0.2) is 0 Å². The summed E-state index contributed by atoms with van der Waals surface area (Å²) in [7, 11) is 0. The van der Waals surface area contributed by atoms with E-state index in [0.717, 1.165) is 16.7 Å². The minimum absolute atomic E-state index is 0.0115. The van der Waals surface area contributed by atoms with Crippen molar-refractivity contribution in [2.75, 3.05) is 19.7 Å². The highest BCUT2D eigenvalue weighted by molar-refractivity contribution is 5.88. The molecule has 2 saturated heterocycles. The van der Waals surface area contributed by atoms with Gasteiger partial charge in [-0.1, -0.05) is 84.6 Å². The molecule has 0 spiro atoms. The molecule has 2 aliphatic rings. The Morgan fingerprint density at radius 2 is 1.57 bits per heavy atom. The molecule has 1 N–H and O–H groups in total. The van der Waals surface area contributed by atoms with Crippen LogP contribution < -0.4 is 0 Å². The van der Waals surface area contributed by atoms with E-state index in [1.54, 1.807) is 9.80 Å². The van der Waals surface area contributed by atoms with Crippen molar-refractivity contribution >= 4 is 11.8 Å². The lowest BCUT2D eigenvalue weighted by Gasteiger charge is -2.58. The van der Waals surface area contributed by atoms with E-state index in [0.29, 0.717) is 13.0 Å². The number of carbonyl (C=O) groups is 2. The predicted octanol–water partition coefficient (Wildman–Crippen LogP) is 3.02. The van der Waals surface area contributed by atoms with Gasteiger partial charge < -0.3 is 14.9 Å². The van der Waals surface area contributed by atoms with Gasteiger partial charge in [0, 0.05) is 24.4 Å². The first-order valence-corrected chi connectivity index (χ1v) is 12.0. The first-order chi connectivity index (χ1) is 17.1. The van der Waals surface area contributed by atoms with Gasteiger partial charge in [-0.3, -0.25) is 9.59 Å². The third kappa shape index (κ3) is 4.84. The van der Waals surface area contributed by atoms with Crippen LogP contribution in [0.25, 0.3) is 0 Å². The largest absolute Gasteiger partial charge is 0.394 e. The molecule has 0 radical (unpaired) electrons. The smallest absolute Gasteiger partial charge is 0.242 e. The number of nitrogens with zero attached hydrogens (tertiary/aromatic N) is 2. The Labute approximate surface area is 206 Å². The normalized spacial score (nSPS) is 20.9. The number of amides is 2. The van der Waals surface area contributed by atoms with Crippen LogP contribution in [0, 0.1) is 11.8 Å². The maximum atomic E-state index is 12.9. The lowest BCUT2D eigenvalue weighted by atomic mass is 9.73. The molecule has 176 valence electrons. The molecule has 2 fully saturated rings. The molecule has 3 aromatic carbocycles. The first kappa shape index (κ1) is 22.9. The highest BCUT2D eigenvalue weighted by atomic mass is 16.3. The van der Waals surface area contributed by atoms with Crippen molar-refractivity contribution in [3.63, 3.8) is 0 Å². The second-order valence-corrected chi connectivity index (χ2v) is 9.17. The molecule has 2 amide bonds. The van der Waals surface area contributed by atoms with Crippen molar-refractivity contribution in [2.24, 2.45) is 0 Å². The van der Waals surface area contributed by atoms with Gasteiger partial charge in [0.1, 0.15) is 0 Å². The summed E-state index contributed by atoms with van der Waals surface area (Å²) in [5.41, 5.74) is 4.12. The lowest BCUT2D eigenvalue weighted by Crippen LogP contribution is -2.73. The number of aliphatic hydroxyl groups excluding tert-OH is 1. The standard InChI is InChI=1S/C30H28N2O3/c33-21-27-30(25-16-14-23(15-17-25)13-7-12-22-8-3-1-4-9-22)26-19-31(20-29(35)32(26)27)28(34)18-24-10-5-2-6-11-24/h1-6,8-11,14-17,26-27,30,33H,12,18-21H2/t26-,27+,30-/m1/s1. The van der Waals surface area contributed by atoms with Crippen molar-refractivity contribution in [1.82, 2.24) is 9.80 Å². The molecular formula is C30H28N2O3. The maximum absolute atomic E-state index is 12.9. The minimum Gasteiger partial charge on any atom is -0.394 e. The van der Waals surface area contributed by atoms with Crippen LogP contribution in [-0.4, -0.2) is 58.5 Å². The third-order valence-corrected chi connectivity index (χ3v) is 6.97. The molecule has 0 aliphatic carbocycles. The van der Waals surface area contributed by atoms with E-state index in [4.69, 9.17) is 0 Å². The predicted molar refractivity (Wildman–Crippen MR) is 134 cm³/mol. The van der Waals surface area contributed by atoms with Gasteiger partial charge in [0.2, 0.25) is 11.8 Å². The number of carbonyl (C=O) groups excluding carboxylic acids is 2. The van der Waals surface area contributed by atoms with Crippen molar-refractivity contribution in [3.8, 4) is 11.8 Å². The molecule has 3 atom stereocenters. The number of rotatable bonds is 5. The summed E-state index contributed by atoms with van der Waals surface area (Å²) in [5, 5.41) is 10.0. The van der Waals surface area contributed by atoms with E-state index in [1.807, 2.05) is 72.8 Å². The maximum Gasteiger partial charge on any atom is 0.242 e. The number of hydrogen-bond donors (Lipinski definition) is 1. The van der Waals surface area contributed by atoms with Crippen LogP contribution in [-0.2, 0) is 22.4 Å². The Morgan fingerprint density at radius 3 is 2.23 bits per heavy atom. The van der Waals surface area contributed by atoms with Crippen LogP contribution in [0.2, 0.25) is 0 Å². The summed E-state index contributed by atoms with van der Waals surface area (Å²) in [5.74, 6) is 6.28. The topological polar surface area (TPSA) is 60.9 Å². The summed E-state index contributed by atoms with van der Waals surface area (Å²) >= 11 is 0. The fourth-order valence-corrected chi connectivity index (χ4v) is 5.20. The number of hydrogen-bond acceptors (Lipinski definition) is 3. The highest BCUT2D eigenvalue weighted by Crippen LogP contribution is 2.43. The molecule has 5 nitrogen and oxygen atoms in total. The number of benzene rings is 3. The fraction of sp³-hybridized carbons (Fsp3) is 0.267. The van der Waals surface area contributed by atoms with Crippen LogP contribution in [0.1, 0.15) is 28.2 Å². The average molecular weight is 465 g/mol. The Balaban J connectivity index is 1.28. The number of piperazine rings is 1. The van der Waals surface area contributed by atoms with Crippen LogP contribution in [0.5, 0.6) is 0 Å². The Kier molecular flexibility index (Phi) is 6.65. The average Bonchev–Trinajstić information content (AvgIpc) is 2.87. The molecule has 2 heterocycles.